The molecule has 20 heavy (non-hydrogen) atoms. The summed E-state index contributed by atoms with van der Waals surface area (Å²) >= 11 is 17.3. The van der Waals surface area contributed by atoms with E-state index in [-0.39, 0.29) is 0 Å². The van der Waals surface area contributed by atoms with Gasteiger partial charge in [0.25, 0.3) is 0 Å². The van der Waals surface area contributed by atoms with E-state index in [0.29, 0.717) is 20.8 Å². The van der Waals surface area contributed by atoms with E-state index in [1.54, 1.807) is 18.2 Å². The molecule has 0 unspecified atom stereocenters. The summed E-state index contributed by atoms with van der Waals surface area (Å²) in [4.78, 5) is 0. The molecule has 0 amide bonds. The van der Waals surface area contributed by atoms with Crippen molar-refractivity contribution in [3.8, 4) is 0 Å². The van der Waals surface area contributed by atoms with Crippen molar-refractivity contribution in [3.05, 3.63) is 57.6 Å². The Kier molecular flexibility index (Phi) is 4.86. The Balaban J connectivity index is 2.13. The summed E-state index contributed by atoms with van der Waals surface area (Å²) < 4.78 is 0. The first kappa shape index (κ1) is 15.1. The molecular weight excluding hydrogens is 311 g/mol. The van der Waals surface area contributed by atoms with Gasteiger partial charge < -0.3 is 10.6 Å². The van der Waals surface area contributed by atoms with Crippen LogP contribution in [-0.2, 0) is 0 Å². The average molecular weight is 325 g/mol. The lowest BCUT2D eigenvalue weighted by Gasteiger charge is -2.14. The lowest BCUT2D eigenvalue weighted by atomic mass is 10.1. The second-order valence-corrected chi connectivity index (χ2v) is 5.77. The van der Waals surface area contributed by atoms with E-state index in [9.17, 15) is 0 Å². The predicted molar refractivity (Wildman–Crippen MR) is 92.2 cm³/mol. The summed E-state index contributed by atoms with van der Waals surface area (Å²) in [5.74, 6) is 0. The van der Waals surface area contributed by atoms with Crippen LogP contribution in [-0.4, -0.2) is 5.11 Å². The maximum atomic E-state index is 6.09. The zero-order valence-corrected chi connectivity index (χ0v) is 13.5. The maximum absolute atomic E-state index is 6.09. The lowest BCUT2D eigenvalue weighted by molar-refractivity contribution is 1.39. The van der Waals surface area contributed by atoms with Gasteiger partial charge in [0, 0.05) is 10.7 Å². The summed E-state index contributed by atoms with van der Waals surface area (Å²) in [6.07, 6.45) is 0. The third-order valence-corrected chi connectivity index (χ3v) is 3.59. The van der Waals surface area contributed by atoms with E-state index in [4.69, 9.17) is 35.4 Å². The summed E-state index contributed by atoms with van der Waals surface area (Å²) in [5, 5.41) is 7.86. The van der Waals surface area contributed by atoms with Crippen LogP contribution in [0.15, 0.2) is 36.4 Å². The van der Waals surface area contributed by atoms with E-state index >= 15 is 0 Å². The van der Waals surface area contributed by atoms with E-state index in [1.807, 2.05) is 26.0 Å². The van der Waals surface area contributed by atoms with Gasteiger partial charge in [-0.25, -0.2) is 0 Å². The van der Waals surface area contributed by atoms with Gasteiger partial charge in [0.05, 0.1) is 10.7 Å². The molecule has 0 aliphatic rings. The highest BCUT2D eigenvalue weighted by molar-refractivity contribution is 7.80. The molecule has 104 valence electrons. The Labute approximate surface area is 134 Å². The van der Waals surface area contributed by atoms with Gasteiger partial charge in [-0.1, -0.05) is 35.3 Å². The van der Waals surface area contributed by atoms with E-state index in [0.717, 1.165) is 11.3 Å². The molecule has 5 heteroatoms. The highest BCUT2D eigenvalue weighted by atomic mass is 35.5. The highest BCUT2D eigenvalue weighted by Gasteiger charge is 2.05. The van der Waals surface area contributed by atoms with Gasteiger partial charge in [0.15, 0.2) is 5.11 Å². The SMILES string of the molecule is Cc1ccc(C)c(NC(=S)Nc2cc(Cl)ccc2Cl)c1. The predicted octanol–water partition coefficient (Wildman–Crippen LogP) is 5.42. The minimum absolute atomic E-state index is 0.475. The third-order valence-electron chi connectivity index (χ3n) is 2.82. The molecule has 0 fully saturated rings. The summed E-state index contributed by atoms with van der Waals surface area (Å²) in [5.41, 5.74) is 3.95. The van der Waals surface area contributed by atoms with Gasteiger partial charge in [-0.05, 0) is 61.5 Å². The first-order chi connectivity index (χ1) is 9.45. The first-order valence-electron chi connectivity index (χ1n) is 6.06. The zero-order chi connectivity index (χ0) is 14.7. The van der Waals surface area contributed by atoms with Crippen molar-refractivity contribution >= 4 is 51.9 Å². The number of hydrogen-bond acceptors (Lipinski definition) is 1. The molecule has 2 rings (SSSR count). The Bertz CT molecular complexity index is 601. The minimum atomic E-state index is 0.475. The number of hydrogen-bond donors (Lipinski definition) is 2. The fraction of sp³-hybridized carbons (Fsp3) is 0.133. The Morgan fingerprint density at radius 3 is 2.40 bits per heavy atom. The van der Waals surface area contributed by atoms with Crippen molar-refractivity contribution in [1.82, 2.24) is 0 Å². The summed E-state index contributed by atoms with van der Waals surface area (Å²) in [6.45, 7) is 4.06. The quantitative estimate of drug-likeness (QED) is 0.721. The molecule has 0 aliphatic heterocycles. The molecule has 0 spiro atoms. The monoisotopic (exact) mass is 324 g/mol. The van der Waals surface area contributed by atoms with Crippen LogP contribution in [0.3, 0.4) is 0 Å². The normalized spacial score (nSPS) is 10.2. The second-order valence-electron chi connectivity index (χ2n) is 4.52. The van der Waals surface area contributed by atoms with Crippen LogP contribution >= 0.6 is 35.4 Å². The van der Waals surface area contributed by atoms with Gasteiger partial charge in [-0.15, -0.1) is 0 Å². The van der Waals surface area contributed by atoms with E-state index in [2.05, 4.69) is 16.7 Å². The van der Waals surface area contributed by atoms with Crippen molar-refractivity contribution in [2.45, 2.75) is 13.8 Å². The molecule has 0 saturated heterocycles. The van der Waals surface area contributed by atoms with Crippen LogP contribution in [0.2, 0.25) is 10.0 Å². The van der Waals surface area contributed by atoms with Crippen LogP contribution in [0.25, 0.3) is 0 Å². The number of anilines is 2. The topological polar surface area (TPSA) is 24.1 Å². The summed E-state index contributed by atoms with van der Waals surface area (Å²) in [7, 11) is 0. The van der Waals surface area contributed by atoms with Gasteiger partial charge >= 0.3 is 0 Å². The van der Waals surface area contributed by atoms with Gasteiger partial charge in [0.1, 0.15) is 0 Å². The number of aryl methyl sites for hydroxylation is 2. The molecule has 0 aromatic heterocycles. The lowest BCUT2D eigenvalue weighted by Crippen LogP contribution is -2.19. The molecule has 0 radical (unpaired) electrons. The molecular formula is C15H14Cl2N2S. The van der Waals surface area contributed by atoms with Crippen LogP contribution in [0, 0.1) is 13.8 Å². The molecule has 2 nitrogen and oxygen atoms in total. The van der Waals surface area contributed by atoms with Gasteiger partial charge in [0.2, 0.25) is 0 Å². The van der Waals surface area contributed by atoms with Gasteiger partial charge in [-0.3, -0.25) is 0 Å². The molecule has 0 saturated carbocycles. The molecule has 0 aliphatic carbocycles. The number of benzene rings is 2. The Hall–Kier alpha value is -1.29. The standard InChI is InChI=1S/C15H14Cl2N2S/c1-9-3-4-10(2)13(7-9)18-15(20)19-14-8-11(16)5-6-12(14)17/h3-8H,1-2H3,(H2,18,19,20). The van der Waals surface area contributed by atoms with Gasteiger partial charge in [-0.2, -0.15) is 0 Å². The Morgan fingerprint density at radius 1 is 0.950 bits per heavy atom. The number of nitrogens with one attached hydrogen (secondary N) is 2. The van der Waals surface area contributed by atoms with Crippen LogP contribution < -0.4 is 10.6 Å². The number of halogens is 2. The van der Waals surface area contributed by atoms with Crippen molar-refractivity contribution < 1.29 is 0 Å². The van der Waals surface area contributed by atoms with E-state index < -0.39 is 0 Å². The Morgan fingerprint density at radius 2 is 1.65 bits per heavy atom. The third kappa shape index (κ3) is 3.85. The summed E-state index contributed by atoms with van der Waals surface area (Å²) in [6, 6.07) is 11.4. The smallest absolute Gasteiger partial charge is 0.175 e. The van der Waals surface area contributed by atoms with Crippen LogP contribution in [0.5, 0.6) is 0 Å². The molecule has 0 bridgehead atoms. The molecule has 2 aromatic rings. The maximum Gasteiger partial charge on any atom is 0.175 e. The first-order valence-corrected chi connectivity index (χ1v) is 7.22. The van der Waals surface area contributed by atoms with E-state index in [1.165, 1.54) is 5.56 Å². The number of thiocarbonyl (C=S) groups is 1. The minimum Gasteiger partial charge on any atom is -0.332 e. The van der Waals surface area contributed by atoms with Crippen molar-refractivity contribution in [2.75, 3.05) is 10.6 Å². The fourth-order valence-corrected chi connectivity index (χ4v) is 2.30. The molecule has 2 N–H and O–H groups in total. The van der Waals surface area contributed by atoms with Crippen molar-refractivity contribution in [2.24, 2.45) is 0 Å². The largest absolute Gasteiger partial charge is 0.332 e. The van der Waals surface area contributed by atoms with Crippen molar-refractivity contribution in [1.29, 1.82) is 0 Å². The highest BCUT2D eigenvalue weighted by Crippen LogP contribution is 2.26. The number of rotatable bonds is 2. The zero-order valence-electron chi connectivity index (χ0n) is 11.1. The average Bonchev–Trinajstić information content (AvgIpc) is 2.38. The second kappa shape index (κ2) is 6.44. The fourth-order valence-electron chi connectivity index (χ4n) is 1.74. The molecule has 2 aromatic carbocycles. The van der Waals surface area contributed by atoms with Crippen LogP contribution in [0.4, 0.5) is 11.4 Å². The van der Waals surface area contributed by atoms with Crippen molar-refractivity contribution in [3.63, 3.8) is 0 Å². The molecule has 0 atom stereocenters. The molecule has 0 heterocycles. The van der Waals surface area contributed by atoms with Crippen LogP contribution in [0.1, 0.15) is 11.1 Å².